The third-order valence-electron chi connectivity index (χ3n) is 4.97. The number of ether oxygens (including phenoxy) is 1. The smallest absolute Gasteiger partial charge is 0.226 e. The highest BCUT2D eigenvalue weighted by molar-refractivity contribution is 5.82. The van der Waals surface area contributed by atoms with Crippen molar-refractivity contribution in [1.82, 2.24) is 10.6 Å². The van der Waals surface area contributed by atoms with Crippen LogP contribution in [0.1, 0.15) is 58.3 Å². The molecule has 4 heteroatoms. The van der Waals surface area contributed by atoms with Gasteiger partial charge in [-0.3, -0.25) is 4.79 Å². The number of hydrogen-bond donors (Lipinski definition) is 2. The van der Waals surface area contributed by atoms with Crippen LogP contribution in [0.5, 0.6) is 0 Å². The summed E-state index contributed by atoms with van der Waals surface area (Å²) in [6.45, 7) is 5.81. The van der Waals surface area contributed by atoms with Crippen LogP contribution >= 0.6 is 0 Å². The fourth-order valence-corrected chi connectivity index (χ4v) is 3.47. The lowest BCUT2D eigenvalue weighted by atomic mass is 9.82. The molecule has 0 aromatic heterocycles. The molecule has 2 aliphatic rings. The summed E-state index contributed by atoms with van der Waals surface area (Å²) < 4.78 is 5.85. The van der Waals surface area contributed by atoms with Gasteiger partial charge < -0.3 is 15.4 Å². The van der Waals surface area contributed by atoms with Crippen LogP contribution in [0.4, 0.5) is 0 Å². The Balaban J connectivity index is 1.57. The number of piperidine rings is 1. The summed E-state index contributed by atoms with van der Waals surface area (Å²) in [5.74, 6) is 0.277. The van der Waals surface area contributed by atoms with Crippen LogP contribution in [0.3, 0.4) is 0 Å². The standard InChI is InChI=1S/C16H30N2O2/c1-2-16(8-3-4-9-16)15(19)18-10-5-13-20-14-6-11-17-12-7-14/h14,17H,2-13H2,1H3,(H,18,19). The van der Waals surface area contributed by atoms with E-state index in [1.54, 1.807) is 0 Å². The van der Waals surface area contributed by atoms with Gasteiger partial charge in [-0.15, -0.1) is 0 Å². The zero-order valence-electron chi connectivity index (χ0n) is 12.9. The Labute approximate surface area is 123 Å². The molecule has 2 fully saturated rings. The quantitative estimate of drug-likeness (QED) is 0.704. The normalized spacial score (nSPS) is 22.9. The first kappa shape index (κ1) is 15.8. The Kier molecular flexibility index (Phi) is 6.30. The predicted molar refractivity (Wildman–Crippen MR) is 80.7 cm³/mol. The summed E-state index contributed by atoms with van der Waals surface area (Å²) in [4.78, 5) is 12.3. The number of nitrogens with one attached hydrogen (secondary N) is 2. The van der Waals surface area contributed by atoms with Crippen molar-refractivity contribution in [3.8, 4) is 0 Å². The summed E-state index contributed by atoms with van der Waals surface area (Å²) in [7, 11) is 0. The summed E-state index contributed by atoms with van der Waals surface area (Å²) in [5, 5.41) is 6.46. The van der Waals surface area contributed by atoms with E-state index in [-0.39, 0.29) is 11.3 Å². The van der Waals surface area contributed by atoms with Gasteiger partial charge in [0, 0.05) is 18.6 Å². The third kappa shape index (κ3) is 4.19. The molecule has 0 unspecified atom stereocenters. The molecule has 1 heterocycles. The minimum absolute atomic E-state index is 0.0596. The van der Waals surface area contributed by atoms with Crippen molar-refractivity contribution in [3.63, 3.8) is 0 Å². The number of rotatable bonds is 7. The van der Waals surface area contributed by atoms with Gasteiger partial charge >= 0.3 is 0 Å². The van der Waals surface area contributed by atoms with Gasteiger partial charge in [0.15, 0.2) is 0 Å². The molecular weight excluding hydrogens is 252 g/mol. The van der Waals surface area contributed by atoms with E-state index in [0.717, 1.165) is 64.8 Å². The number of amides is 1. The van der Waals surface area contributed by atoms with E-state index in [2.05, 4.69) is 17.6 Å². The molecule has 116 valence electrons. The fourth-order valence-electron chi connectivity index (χ4n) is 3.47. The summed E-state index contributed by atoms with van der Waals surface area (Å²) >= 11 is 0. The van der Waals surface area contributed by atoms with Gasteiger partial charge in [-0.1, -0.05) is 19.8 Å². The summed E-state index contributed by atoms with van der Waals surface area (Å²) in [6.07, 6.45) is 9.11. The average molecular weight is 282 g/mol. The molecule has 2 N–H and O–H groups in total. The summed E-state index contributed by atoms with van der Waals surface area (Å²) in [5.41, 5.74) is -0.0596. The van der Waals surface area contributed by atoms with Crippen molar-refractivity contribution in [3.05, 3.63) is 0 Å². The van der Waals surface area contributed by atoms with Gasteiger partial charge in [-0.2, -0.15) is 0 Å². The van der Waals surface area contributed by atoms with E-state index >= 15 is 0 Å². The van der Waals surface area contributed by atoms with Crippen LogP contribution in [0.25, 0.3) is 0 Å². The predicted octanol–water partition coefficient (Wildman–Crippen LogP) is 2.23. The lowest BCUT2D eigenvalue weighted by molar-refractivity contribution is -0.131. The van der Waals surface area contributed by atoms with Crippen LogP contribution in [0.15, 0.2) is 0 Å². The van der Waals surface area contributed by atoms with Crippen LogP contribution in [0.2, 0.25) is 0 Å². The number of hydrogen-bond acceptors (Lipinski definition) is 3. The molecule has 2 rings (SSSR count). The maximum atomic E-state index is 12.3. The first-order chi connectivity index (χ1) is 9.77. The molecule has 20 heavy (non-hydrogen) atoms. The molecule has 1 aliphatic carbocycles. The molecule has 1 saturated carbocycles. The Morgan fingerprint density at radius 1 is 1.30 bits per heavy atom. The van der Waals surface area contributed by atoms with Gasteiger partial charge in [0.1, 0.15) is 0 Å². The topological polar surface area (TPSA) is 50.4 Å². The second-order valence-corrected chi connectivity index (χ2v) is 6.27. The van der Waals surface area contributed by atoms with Crippen LogP contribution in [-0.4, -0.2) is 38.3 Å². The SMILES string of the molecule is CCC1(C(=O)NCCCOC2CCNCC2)CCCC1. The van der Waals surface area contributed by atoms with Crippen LogP contribution in [0, 0.1) is 5.41 Å². The lowest BCUT2D eigenvalue weighted by Gasteiger charge is -2.26. The molecule has 0 aromatic rings. The highest BCUT2D eigenvalue weighted by atomic mass is 16.5. The highest BCUT2D eigenvalue weighted by Crippen LogP contribution is 2.40. The maximum Gasteiger partial charge on any atom is 0.226 e. The molecule has 4 nitrogen and oxygen atoms in total. The van der Waals surface area contributed by atoms with Crippen molar-refractivity contribution in [2.75, 3.05) is 26.2 Å². The third-order valence-corrected chi connectivity index (χ3v) is 4.97. The minimum Gasteiger partial charge on any atom is -0.378 e. The average Bonchev–Trinajstić information content (AvgIpc) is 2.98. The fraction of sp³-hybridized carbons (Fsp3) is 0.938. The molecule has 0 atom stereocenters. The summed E-state index contributed by atoms with van der Waals surface area (Å²) in [6, 6.07) is 0. The Hall–Kier alpha value is -0.610. The molecule has 0 spiro atoms. The maximum absolute atomic E-state index is 12.3. The Morgan fingerprint density at radius 3 is 2.65 bits per heavy atom. The van der Waals surface area contributed by atoms with Gasteiger partial charge in [0.2, 0.25) is 5.91 Å². The molecule has 1 amide bonds. The van der Waals surface area contributed by atoms with Gasteiger partial charge in [-0.25, -0.2) is 0 Å². The minimum atomic E-state index is -0.0596. The van der Waals surface area contributed by atoms with Gasteiger partial charge in [-0.05, 0) is 51.6 Å². The van der Waals surface area contributed by atoms with Crippen molar-refractivity contribution < 1.29 is 9.53 Å². The van der Waals surface area contributed by atoms with Crippen molar-refractivity contribution in [2.45, 2.75) is 64.4 Å². The van der Waals surface area contributed by atoms with Crippen LogP contribution < -0.4 is 10.6 Å². The van der Waals surface area contributed by atoms with Crippen LogP contribution in [-0.2, 0) is 9.53 Å². The second kappa shape index (κ2) is 7.99. The van der Waals surface area contributed by atoms with E-state index in [9.17, 15) is 4.79 Å². The Bertz CT molecular complexity index is 295. The lowest BCUT2D eigenvalue weighted by Crippen LogP contribution is -2.39. The Morgan fingerprint density at radius 2 is 2.00 bits per heavy atom. The zero-order valence-corrected chi connectivity index (χ0v) is 12.9. The van der Waals surface area contributed by atoms with Crippen molar-refractivity contribution in [2.24, 2.45) is 5.41 Å². The first-order valence-electron chi connectivity index (χ1n) is 8.37. The van der Waals surface area contributed by atoms with Gasteiger partial charge in [0.25, 0.3) is 0 Å². The highest BCUT2D eigenvalue weighted by Gasteiger charge is 2.38. The van der Waals surface area contributed by atoms with E-state index in [0.29, 0.717) is 6.10 Å². The largest absolute Gasteiger partial charge is 0.378 e. The number of carbonyl (C=O) groups excluding carboxylic acids is 1. The number of carbonyl (C=O) groups is 1. The monoisotopic (exact) mass is 282 g/mol. The molecule has 0 bridgehead atoms. The molecular formula is C16H30N2O2. The molecule has 1 aliphatic heterocycles. The first-order valence-corrected chi connectivity index (χ1v) is 8.37. The zero-order chi connectivity index (χ0) is 14.3. The van der Waals surface area contributed by atoms with E-state index in [4.69, 9.17) is 4.74 Å². The van der Waals surface area contributed by atoms with Crippen molar-refractivity contribution in [1.29, 1.82) is 0 Å². The van der Waals surface area contributed by atoms with E-state index in [1.807, 2.05) is 0 Å². The molecule has 0 radical (unpaired) electrons. The van der Waals surface area contributed by atoms with Crippen molar-refractivity contribution >= 4 is 5.91 Å². The second-order valence-electron chi connectivity index (χ2n) is 6.27. The van der Waals surface area contributed by atoms with E-state index in [1.165, 1.54) is 12.8 Å². The molecule has 0 aromatic carbocycles. The van der Waals surface area contributed by atoms with Gasteiger partial charge in [0.05, 0.1) is 6.10 Å². The van der Waals surface area contributed by atoms with E-state index < -0.39 is 0 Å². The molecule has 1 saturated heterocycles.